The van der Waals surface area contributed by atoms with Gasteiger partial charge in [-0.1, -0.05) is 13.0 Å². The summed E-state index contributed by atoms with van der Waals surface area (Å²) >= 11 is 5.72. The van der Waals surface area contributed by atoms with Crippen LogP contribution in [0.15, 0.2) is 24.4 Å². The Morgan fingerprint density at radius 3 is 3.00 bits per heavy atom. The number of halogens is 1. The Morgan fingerprint density at radius 2 is 2.31 bits per heavy atom. The van der Waals surface area contributed by atoms with Crippen molar-refractivity contribution in [2.24, 2.45) is 0 Å². The van der Waals surface area contributed by atoms with Crippen LogP contribution in [0.5, 0.6) is 0 Å². The van der Waals surface area contributed by atoms with Gasteiger partial charge in [-0.15, -0.1) is 11.6 Å². The zero-order chi connectivity index (χ0) is 9.26. The molecular formula is C10H11ClN2. The van der Waals surface area contributed by atoms with E-state index in [4.69, 9.17) is 11.6 Å². The average Bonchev–Trinajstić information content (AvgIpc) is 2.59. The van der Waals surface area contributed by atoms with Crippen molar-refractivity contribution in [2.45, 2.75) is 19.2 Å². The number of hydrogen-bond acceptors (Lipinski definition) is 1. The molecule has 0 aliphatic rings. The Labute approximate surface area is 82.2 Å². The van der Waals surface area contributed by atoms with Gasteiger partial charge in [-0.3, -0.25) is 0 Å². The summed E-state index contributed by atoms with van der Waals surface area (Å²) in [5.41, 5.74) is 3.18. The number of fused-ring (bicyclic) bond motifs is 1. The van der Waals surface area contributed by atoms with Crippen LogP contribution >= 0.6 is 11.6 Å². The Balaban J connectivity index is 2.67. The fourth-order valence-corrected chi connectivity index (χ4v) is 1.60. The maximum atomic E-state index is 5.72. The van der Waals surface area contributed by atoms with Gasteiger partial charge in [0.05, 0.1) is 11.6 Å². The molecule has 68 valence electrons. The molecular weight excluding hydrogens is 184 g/mol. The first-order valence-corrected chi connectivity index (χ1v) is 4.90. The van der Waals surface area contributed by atoms with Crippen LogP contribution in [-0.4, -0.2) is 9.38 Å². The van der Waals surface area contributed by atoms with Gasteiger partial charge < -0.3 is 4.40 Å². The van der Waals surface area contributed by atoms with Gasteiger partial charge >= 0.3 is 0 Å². The number of pyridine rings is 1. The van der Waals surface area contributed by atoms with E-state index < -0.39 is 0 Å². The maximum absolute atomic E-state index is 5.72. The summed E-state index contributed by atoms with van der Waals surface area (Å²) in [6.07, 6.45) is 3.01. The predicted molar refractivity (Wildman–Crippen MR) is 54.1 cm³/mol. The molecule has 0 bridgehead atoms. The van der Waals surface area contributed by atoms with Crippen LogP contribution in [0.25, 0.3) is 5.65 Å². The van der Waals surface area contributed by atoms with Crippen molar-refractivity contribution >= 4 is 17.2 Å². The highest BCUT2D eigenvalue weighted by Gasteiger charge is 2.02. The monoisotopic (exact) mass is 194 g/mol. The van der Waals surface area contributed by atoms with Crippen LogP contribution in [0.4, 0.5) is 0 Å². The number of aryl methyl sites for hydroxylation is 1. The van der Waals surface area contributed by atoms with Gasteiger partial charge in [0.25, 0.3) is 0 Å². The third kappa shape index (κ3) is 1.42. The third-order valence-electron chi connectivity index (χ3n) is 2.13. The number of hydrogen-bond donors (Lipinski definition) is 0. The third-order valence-corrected chi connectivity index (χ3v) is 2.40. The van der Waals surface area contributed by atoms with Gasteiger partial charge in [0.15, 0.2) is 0 Å². The first-order chi connectivity index (χ1) is 6.35. The predicted octanol–water partition coefficient (Wildman–Crippen LogP) is 2.64. The van der Waals surface area contributed by atoms with Crippen LogP contribution in [0, 0.1) is 0 Å². The molecule has 0 aliphatic heterocycles. The van der Waals surface area contributed by atoms with E-state index in [0.29, 0.717) is 5.88 Å². The maximum Gasteiger partial charge on any atom is 0.137 e. The second-order valence-electron chi connectivity index (χ2n) is 2.96. The van der Waals surface area contributed by atoms with Crippen molar-refractivity contribution in [3.8, 4) is 0 Å². The van der Waals surface area contributed by atoms with Crippen molar-refractivity contribution in [2.75, 3.05) is 0 Å². The molecule has 2 aromatic rings. The van der Waals surface area contributed by atoms with Gasteiger partial charge in [-0.2, -0.15) is 0 Å². The molecule has 13 heavy (non-hydrogen) atoms. The summed E-state index contributed by atoms with van der Waals surface area (Å²) < 4.78 is 2.09. The van der Waals surface area contributed by atoms with Crippen LogP contribution in [0.1, 0.15) is 18.3 Å². The molecule has 0 N–H and O–H groups in total. The first-order valence-electron chi connectivity index (χ1n) is 4.37. The lowest BCUT2D eigenvalue weighted by molar-refractivity contribution is 0.978. The van der Waals surface area contributed by atoms with E-state index in [9.17, 15) is 0 Å². The smallest absolute Gasteiger partial charge is 0.137 e. The molecule has 0 fully saturated rings. The first kappa shape index (κ1) is 8.57. The van der Waals surface area contributed by atoms with Gasteiger partial charge in [0.1, 0.15) is 5.65 Å². The molecule has 0 aliphatic carbocycles. The van der Waals surface area contributed by atoms with E-state index in [2.05, 4.69) is 22.4 Å². The van der Waals surface area contributed by atoms with Crippen LogP contribution in [0.2, 0.25) is 0 Å². The number of aromatic nitrogens is 2. The highest BCUT2D eigenvalue weighted by molar-refractivity contribution is 6.16. The van der Waals surface area contributed by atoms with E-state index in [1.165, 1.54) is 5.69 Å². The second-order valence-corrected chi connectivity index (χ2v) is 3.23. The lowest BCUT2D eigenvalue weighted by Crippen LogP contribution is -1.92. The molecule has 2 heterocycles. The normalized spacial score (nSPS) is 10.9. The standard InChI is InChI=1S/C10H11ClN2/c1-2-9-4-3-5-10-12-8(6-11)7-13(9)10/h3-5,7H,2,6H2,1H3. The van der Waals surface area contributed by atoms with E-state index in [1.54, 1.807) is 0 Å². The van der Waals surface area contributed by atoms with Gasteiger partial charge in [0.2, 0.25) is 0 Å². The average molecular weight is 195 g/mol. The van der Waals surface area contributed by atoms with Crippen LogP contribution in [-0.2, 0) is 12.3 Å². The van der Waals surface area contributed by atoms with Crippen molar-refractivity contribution < 1.29 is 0 Å². The summed E-state index contributed by atoms with van der Waals surface area (Å²) in [5.74, 6) is 0.477. The Morgan fingerprint density at radius 1 is 1.46 bits per heavy atom. The van der Waals surface area contributed by atoms with E-state index >= 15 is 0 Å². The topological polar surface area (TPSA) is 17.3 Å². The van der Waals surface area contributed by atoms with E-state index in [1.807, 2.05) is 18.3 Å². The van der Waals surface area contributed by atoms with Gasteiger partial charge in [-0.05, 0) is 18.6 Å². The summed E-state index contributed by atoms with van der Waals surface area (Å²) in [6, 6.07) is 6.13. The molecule has 0 saturated heterocycles. The SMILES string of the molecule is CCc1cccc2nc(CCl)cn12. The fraction of sp³-hybridized carbons (Fsp3) is 0.300. The van der Waals surface area contributed by atoms with Crippen molar-refractivity contribution in [1.29, 1.82) is 0 Å². The number of rotatable bonds is 2. The molecule has 2 aromatic heterocycles. The zero-order valence-electron chi connectivity index (χ0n) is 7.50. The Kier molecular flexibility index (Phi) is 2.23. The molecule has 3 heteroatoms. The van der Waals surface area contributed by atoms with Gasteiger partial charge in [0, 0.05) is 11.9 Å². The molecule has 0 saturated carbocycles. The lowest BCUT2D eigenvalue weighted by atomic mass is 10.3. The zero-order valence-corrected chi connectivity index (χ0v) is 8.25. The highest BCUT2D eigenvalue weighted by Crippen LogP contribution is 2.10. The number of nitrogens with zero attached hydrogens (tertiary/aromatic N) is 2. The molecule has 2 nitrogen and oxygen atoms in total. The largest absolute Gasteiger partial charge is 0.304 e. The van der Waals surface area contributed by atoms with E-state index in [-0.39, 0.29) is 0 Å². The van der Waals surface area contributed by atoms with Crippen molar-refractivity contribution in [3.05, 3.63) is 35.8 Å². The van der Waals surface area contributed by atoms with Crippen LogP contribution < -0.4 is 0 Å². The highest BCUT2D eigenvalue weighted by atomic mass is 35.5. The molecule has 0 amide bonds. The lowest BCUT2D eigenvalue weighted by Gasteiger charge is -1.99. The molecule has 0 spiro atoms. The summed E-state index contributed by atoms with van der Waals surface area (Å²) in [7, 11) is 0. The molecule has 0 unspecified atom stereocenters. The van der Waals surface area contributed by atoms with E-state index in [0.717, 1.165) is 17.8 Å². The molecule has 0 radical (unpaired) electrons. The molecule has 2 rings (SSSR count). The minimum absolute atomic E-state index is 0.477. The molecule has 0 aromatic carbocycles. The summed E-state index contributed by atoms with van der Waals surface area (Å²) in [4.78, 5) is 4.37. The fourth-order valence-electron chi connectivity index (χ4n) is 1.47. The Bertz CT molecular complexity index is 420. The number of alkyl halides is 1. The quantitative estimate of drug-likeness (QED) is 0.672. The summed E-state index contributed by atoms with van der Waals surface area (Å²) in [5, 5.41) is 0. The molecule has 0 atom stereocenters. The Hall–Kier alpha value is -1.02. The van der Waals surface area contributed by atoms with Crippen molar-refractivity contribution in [3.63, 3.8) is 0 Å². The van der Waals surface area contributed by atoms with Crippen molar-refractivity contribution in [1.82, 2.24) is 9.38 Å². The van der Waals surface area contributed by atoms with Crippen LogP contribution in [0.3, 0.4) is 0 Å². The number of imidazole rings is 1. The summed E-state index contributed by atoms with van der Waals surface area (Å²) in [6.45, 7) is 2.13. The minimum Gasteiger partial charge on any atom is -0.304 e. The van der Waals surface area contributed by atoms with Gasteiger partial charge in [-0.25, -0.2) is 4.98 Å². The second kappa shape index (κ2) is 3.38. The minimum atomic E-state index is 0.477.